The van der Waals surface area contributed by atoms with Crippen LogP contribution < -0.4 is 5.32 Å². The minimum atomic E-state index is -1.21. The number of hydrogen-bond acceptors (Lipinski definition) is 4. The molecule has 0 fully saturated rings. The number of carboxylic acid groups (broad SMARTS) is 1. The number of ketones is 2. The maximum absolute atomic E-state index is 11.8. The van der Waals surface area contributed by atoms with Crippen LogP contribution in [0.15, 0.2) is 24.3 Å². The third-order valence-electron chi connectivity index (χ3n) is 2.63. The molecule has 1 aromatic carbocycles. The predicted octanol–water partition coefficient (Wildman–Crippen LogP) is 2.31. The molecule has 0 radical (unpaired) electrons. The molecule has 0 bridgehead atoms. The second-order valence-electron chi connectivity index (χ2n) is 4.56. The van der Waals surface area contributed by atoms with Crippen molar-refractivity contribution in [3.05, 3.63) is 35.4 Å². The Labute approximate surface area is 115 Å². The van der Waals surface area contributed by atoms with Crippen LogP contribution in [0.3, 0.4) is 0 Å². The number of benzene rings is 1. The van der Waals surface area contributed by atoms with Crippen molar-refractivity contribution in [1.29, 1.82) is 0 Å². The summed E-state index contributed by atoms with van der Waals surface area (Å²) in [5, 5.41) is 10.9. The first-order valence-electron chi connectivity index (χ1n) is 6.00. The lowest BCUT2D eigenvalue weighted by Gasteiger charge is -2.20. The van der Waals surface area contributed by atoms with E-state index in [1.54, 1.807) is 13.8 Å². The van der Waals surface area contributed by atoms with E-state index in [1.165, 1.54) is 18.2 Å². The van der Waals surface area contributed by atoms with Crippen LogP contribution in [0.4, 0.5) is 10.5 Å². The van der Waals surface area contributed by atoms with Crippen molar-refractivity contribution >= 4 is 29.1 Å². The van der Waals surface area contributed by atoms with Crippen LogP contribution in [0, 0.1) is 0 Å². The van der Waals surface area contributed by atoms with Crippen LogP contribution in [-0.2, 0) is 9.53 Å². The van der Waals surface area contributed by atoms with E-state index in [-0.39, 0.29) is 17.4 Å². The molecule has 1 aliphatic carbocycles. The summed E-state index contributed by atoms with van der Waals surface area (Å²) >= 11 is 0. The molecule has 2 rings (SSSR count). The Morgan fingerprint density at radius 3 is 2.55 bits per heavy atom. The first-order valence-corrected chi connectivity index (χ1v) is 6.00. The number of Topliss-reactive ketones (excluding diaryl/α,β-unsaturated/α-hetero) is 1. The zero-order valence-electron chi connectivity index (χ0n) is 11.0. The molecule has 0 saturated heterocycles. The monoisotopic (exact) mass is 275 g/mol. The van der Waals surface area contributed by atoms with Crippen LogP contribution in [0.5, 0.6) is 0 Å². The summed E-state index contributed by atoms with van der Waals surface area (Å²) < 4.78 is 5.51. The van der Waals surface area contributed by atoms with E-state index in [9.17, 15) is 14.4 Å². The van der Waals surface area contributed by atoms with Gasteiger partial charge in [0.25, 0.3) is 0 Å². The van der Waals surface area contributed by atoms with Gasteiger partial charge in [-0.05, 0) is 32.0 Å². The summed E-state index contributed by atoms with van der Waals surface area (Å²) in [6, 6.07) is 4.32. The Kier molecular flexibility index (Phi) is 3.56. The van der Waals surface area contributed by atoms with Crippen molar-refractivity contribution in [2.75, 3.05) is 5.32 Å². The molecule has 0 atom stereocenters. The molecular weight excluding hydrogens is 262 g/mol. The van der Waals surface area contributed by atoms with Crippen molar-refractivity contribution in [3.8, 4) is 0 Å². The minimum Gasteiger partial charge on any atom is -0.490 e. The maximum Gasteiger partial charge on any atom is 0.409 e. The fraction of sp³-hybridized carbons (Fsp3) is 0.214. The number of ether oxygens (including phenoxy) is 1. The van der Waals surface area contributed by atoms with E-state index in [0.29, 0.717) is 11.3 Å². The molecule has 20 heavy (non-hydrogen) atoms. The molecule has 0 aromatic heterocycles. The van der Waals surface area contributed by atoms with Crippen molar-refractivity contribution in [2.45, 2.75) is 20.0 Å². The molecular formula is C14H13NO5. The first kappa shape index (κ1) is 13.8. The van der Waals surface area contributed by atoms with Gasteiger partial charge in [-0.15, -0.1) is 0 Å². The number of allylic oxidation sites excluding steroid dienone is 1. The molecule has 0 heterocycles. The highest BCUT2D eigenvalue weighted by Gasteiger charge is 2.27. The van der Waals surface area contributed by atoms with Gasteiger partial charge in [-0.2, -0.15) is 0 Å². The standard InChI is InChI=1S/C14H13NO5/c1-7(2)20-12-6-11(16)13(17)9-4-3-8(5-10(9)12)15-14(18)19/h3-7,15H,1-2H3,(H,18,19). The van der Waals surface area contributed by atoms with Crippen molar-refractivity contribution in [3.63, 3.8) is 0 Å². The van der Waals surface area contributed by atoms with Crippen molar-refractivity contribution in [2.24, 2.45) is 0 Å². The highest BCUT2D eigenvalue weighted by molar-refractivity contribution is 6.50. The van der Waals surface area contributed by atoms with Crippen molar-refractivity contribution in [1.82, 2.24) is 0 Å². The molecule has 2 N–H and O–H groups in total. The van der Waals surface area contributed by atoms with Gasteiger partial charge in [-0.25, -0.2) is 4.79 Å². The number of carbonyl (C=O) groups is 3. The molecule has 0 spiro atoms. The van der Waals surface area contributed by atoms with Crippen molar-refractivity contribution < 1.29 is 24.2 Å². The highest BCUT2D eigenvalue weighted by Crippen LogP contribution is 2.29. The van der Waals surface area contributed by atoms with Gasteiger partial charge in [0.2, 0.25) is 11.6 Å². The summed E-state index contributed by atoms with van der Waals surface area (Å²) in [6.07, 6.45) is -0.250. The lowest BCUT2D eigenvalue weighted by Crippen LogP contribution is -2.21. The number of fused-ring (bicyclic) bond motifs is 1. The third kappa shape index (κ3) is 2.69. The normalized spacial score (nSPS) is 13.8. The van der Waals surface area contributed by atoms with Gasteiger partial charge in [0.1, 0.15) is 5.76 Å². The van der Waals surface area contributed by atoms with Gasteiger partial charge in [0.05, 0.1) is 6.10 Å². The zero-order chi connectivity index (χ0) is 14.9. The highest BCUT2D eigenvalue weighted by atomic mass is 16.5. The van der Waals surface area contributed by atoms with Crippen LogP contribution in [0.2, 0.25) is 0 Å². The molecule has 0 saturated carbocycles. The largest absolute Gasteiger partial charge is 0.490 e. The molecule has 0 aliphatic heterocycles. The van der Waals surface area contributed by atoms with Gasteiger partial charge in [-0.3, -0.25) is 14.9 Å². The van der Waals surface area contributed by atoms with E-state index in [1.807, 2.05) is 0 Å². The summed E-state index contributed by atoms with van der Waals surface area (Å²) in [4.78, 5) is 34.0. The molecule has 1 aromatic rings. The van der Waals surface area contributed by atoms with Gasteiger partial charge in [0.15, 0.2) is 0 Å². The Hall–Kier alpha value is -2.63. The van der Waals surface area contributed by atoms with Crippen LogP contribution in [-0.4, -0.2) is 28.9 Å². The number of rotatable bonds is 3. The second-order valence-corrected chi connectivity index (χ2v) is 4.56. The number of nitrogens with one attached hydrogen (secondary N) is 1. The lowest BCUT2D eigenvalue weighted by molar-refractivity contribution is -0.111. The molecule has 6 heteroatoms. The third-order valence-corrected chi connectivity index (χ3v) is 2.63. The van der Waals surface area contributed by atoms with E-state index in [0.717, 1.165) is 6.08 Å². The van der Waals surface area contributed by atoms with Gasteiger partial charge >= 0.3 is 6.09 Å². The molecule has 0 unspecified atom stereocenters. The minimum absolute atomic E-state index is 0.175. The van der Waals surface area contributed by atoms with E-state index in [4.69, 9.17) is 9.84 Å². The number of amides is 1. The Bertz CT molecular complexity index is 630. The number of carbonyl (C=O) groups excluding carboxylic acids is 2. The lowest BCUT2D eigenvalue weighted by atomic mass is 9.93. The molecule has 1 aliphatic rings. The topological polar surface area (TPSA) is 92.7 Å². The fourth-order valence-electron chi connectivity index (χ4n) is 1.89. The Morgan fingerprint density at radius 1 is 1.25 bits per heavy atom. The average molecular weight is 275 g/mol. The predicted molar refractivity (Wildman–Crippen MR) is 71.6 cm³/mol. The summed E-state index contributed by atoms with van der Waals surface area (Å²) in [5.41, 5.74) is 0.926. The Balaban J connectivity index is 2.49. The summed E-state index contributed by atoms with van der Waals surface area (Å²) in [5.74, 6) is -1.00. The summed E-state index contributed by atoms with van der Waals surface area (Å²) in [6.45, 7) is 3.58. The average Bonchev–Trinajstić information content (AvgIpc) is 2.34. The fourth-order valence-corrected chi connectivity index (χ4v) is 1.89. The SMILES string of the molecule is CC(C)OC1=CC(=O)C(=O)c2ccc(NC(=O)O)cc21. The van der Waals surface area contributed by atoms with Crippen LogP contribution in [0.25, 0.3) is 5.76 Å². The van der Waals surface area contributed by atoms with Gasteiger partial charge in [0, 0.05) is 22.9 Å². The summed E-state index contributed by atoms with van der Waals surface area (Å²) in [7, 11) is 0. The van der Waals surface area contributed by atoms with E-state index >= 15 is 0 Å². The maximum atomic E-state index is 11.8. The second kappa shape index (κ2) is 5.16. The van der Waals surface area contributed by atoms with E-state index < -0.39 is 17.7 Å². The Morgan fingerprint density at radius 2 is 1.95 bits per heavy atom. The first-order chi connectivity index (χ1) is 9.38. The van der Waals surface area contributed by atoms with Gasteiger partial charge < -0.3 is 9.84 Å². The van der Waals surface area contributed by atoms with Crippen LogP contribution in [0.1, 0.15) is 29.8 Å². The quantitative estimate of drug-likeness (QED) is 0.826. The molecule has 1 amide bonds. The van der Waals surface area contributed by atoms with E-state index in [2.05, 4.69) is 5.32 Å². The van der Waals surface area contributed by atoms with Crippen LogP contribution >= 0.6 is 0 Å². The smallest absolute Gasteiger partial charge is 0.409 e. The number of hydrogen-bond donors (Lipinski definition) is 2. The van der Waals surface area contributed by atoms with Gasteiger partial charge in [-0.1, -0.05) is 0 Å². The molecule has 6 nitrogen and oxygen atoms in total. The zero-order valence-corrected chi connectivity index (χ0v) is 11.0. The molecule has 104 valence electrons. The number of anilines is 1.